The molecule has 2 N–H and O–H groups in total. The summed E-state index contributed by atoms with van der Waals surface area (Å²) in [6.45, 7) is 12.7. The van der Waals surface area contributed by atoms with Gasteiger partial charge in [0.1, 0.15) is 6.04 Å². The molecule has 0 aromatic heterocycles. The topological polar surface area (TPSA) is 76.7 Å². The molecule has 6 heteroatoms. The monoisotopic (exact) mass is 328 g/mol. The predicted octanol–water partition coefficient (Wildman–Crippen LogP) is 1.77. The maximum Gasteiger partial charge on any atom is 0.323 e. The molecule has 0 spiro atoms. The van der Waals surface area contributed by atoms with E-state index in [1.54, 1.807) is 13.8 Å². The lowest BCUT2D eigenvalue weighted by Crippen LogP contribution is -2.63. The molecule has 0 amide bonds. The lowest BCUT2D eigenvalue weighted by molar-refractivity contribution is -0.152. The van der Waals surface area contributed by atoms with Gasteiger partial charge in [-0.2, -0.15) is 0 Å². The molecule has 0 aromatic carbocycles. The molecule has 6 nitrogen and oxygen atoms in total. The van der Waals surface area contributed by atoms with Crippen LogP contribution in [0.2, 0.25) is 0 Å². The van der Waals surface area contributed by atoms with Gasteiger partial charge in [-0.15, -0.1) is 0 Å². The molecule has 1 aliphatic rings. The van der Waals surface area contributed by atoms with Crippen molar-refractivity contribution in [3.63, 3.8) is 0 Å². The lowest BCUT2D eigenvalue weighted by Gasteiger charge is -2.47. The van der Waals surface area contributed by atoms with Crippen molar-refractivity contribution in [2.45, 2.75) is 84.0 Å². The minimum absolute atomic E-state index is 0.00252. The molecule has 134 valence electrons. The van der Waals surface area contributed by atoms with Gasteiger partial charge in [0.05, 0.1) is 19.6 Å². The predicted molar refractivity (Wildman–Crippen MR) is 89.1 cm³/mol. The highest BCUT2D eigenvalue weighted by Gasteiger charge is 2.39. The fourth-order valence-electron chi connectivity index (χ4n) is 3.56. The number of hydrogen-bond acceptors (Lipinski definition) is 6. The summed E-state index contributed by atoms with van der Waals surface area (Å²) in [5.41, 5.74) is -0.0783. The van der Waals surface area contributed by atoms with Gasteiger partial charge < -0.3 is 20.1 Å². The van der Waals surface area contributed by atoms with Crippen LogP contribution in [0.1, 0.15) is 60.8 Å². The lowest BCUT2D eigenvalue weighted by atomic mass is 9.79. The molecule has 1 fully saturated rings. The van der Waals surface area contributed by atoms with Gasteiger partial charge in [-0.1, -0.05) is 0 Å². The number of ether oxygens (including phenoxy) is 2. The molecule has 1 saturated heterocycles. The second kappa shape index (κ2) is 8.11. The summed E-state index contributed by atoms with van der Waals surface area (Å²) in [6.07, 6.45) is 1.74. The van der Waals surface area contributed by atoms with Gasteiger partial charge in [0.2, 0.25) is 0 Å². The number of nitrogens with one attached hydrogen (secondary N) is 2. The molecule has 0 aromatic rings. The van der Waals surface area contributed by atoms with E-state index in [9.17, 15) is 9.59 Å². The Morgan fingerprint density at radius 1 is 1.09 bits per heavy atom. The Bertz CT molecular complexity index is 405. The molecule has 1 atom stereocenters. The first kappa shape index (κ1) is 19.9. The highest BCUT2D eigenvalue weighted by atomic mass is 16.5. The van der Waals surface area contributed by atoms with E-state index in [1.165, 1.54) is 0 Å². The third kappa shape index (κ3) is 6.87. The molecule has 0 unspecified atom stereocenters. The highest BCUT2D eigenvalue weighted by Crippen LogP contribution is 2.29. The zero-order valence-electron chi connectivity index (χ0n) is 15.3. The van der Waals surface area contributed by atoms with Crippen LogP contribution in [0.4, 0.5) is 0 Å². The Hall–Kier alpha value is -1.14. The molecule has 1 aliphatic heterocycles. The van der Waals surface area contributed by atoms with E-state index in [4.69, 9.17) is 9.47 Å². The number of piperidine rings is 1. The zero-order valence-corrected chi connectivity index (χ0v) is 15.3. The van der Waals surface area contributed by atoms with Crippen molar-refractivity contribution < 1.29 is 19.1 Å². The quantitative estimate of drug-likeness (QED) is 0.694. The average Bonchev–Trinajstić information content (AvgIpc) is 2.34. The Kier molecular flexibility index (Phi) is 7.02. The van der Waals surface area contributed by atoms with Crippen molar-refractivity contribution in [1.29, 1.82) is 0 Å². The van der Waals surface area contributed by atoms with E-state index in [0.29, 0.717) is 13.2 Å². The molecule has 1 rings (SSSR count). The normalized spacial score (nSPS) is 21.5. The first-order valence-electron chi connectivity index (χ1n) is 8.46. The number of rotatable bonds is 7. The van der Waals surface area contributed by atoms with Gasteiger partial charge in [0.15, 0.2) is 0 Å². The van der Waals surface area contributed by atoms with Crippen LogP contribution in [0.3, 0.4) is 0 Å². The molecule has 23 heavy (non-hydrogen) atoms. The second-order valence-electron chi connectivity index (χ2n) is 7.48. The van der Waals surface area contributed by atoms with Crippen LogP contribution in [-0.4, -0.2) is 48.3 Å². The van der Waals surface area contributed by atoms with Crippen molar-refractivity contribution in [1.82, 2.24) is 10.6 Å². The summed E-state index contributed by atoms with van der Waals surface area (Å²) < 4.78 is 10.1. The van der Waals surface area contributed by atoms with Crippen molar-refractivity contribution in [2.24, 2.45) is 0 Å². The molecular weight excluding hydrogens is 296 g/mol. The van der Waals surface area contributed by atoms with Crippen LogP contribution in [-0.2, 0) is 19.1 Å². The second-order valence-corrected chi connectivity index (χ2v) is 7.48. The van der Waals surface area contributed by atoms with Crippen LogP contribution in [0.15, 0.2) is 0 Å². The van der Waals surface area contributed by atoms with E-state index < -0.39 is 12.0 Å². The Morgan fingerprint density at radius 2 is 1.61 bits per heavy atom. The van der Waals surface area contributed by atoms with Crippen LogP contribution in [0.25, 0.3) is 0 Å². The zero-order chi connectivity index (χ0) is 17.7. The minimum atomic E-state index is -0.663. The van der Waals surface area contributed by atoms with Crippen LogP contribution >= 0.6 is 0 Å². The van der Waals surface area contributed by atoms with Crippen LogP contribution < -0.4 is 10.6 Å². The largest absolute Gasteiger partial charge is 0.466 e. The van der Waals surface area contributed by atoms with Crippen LogP contribution in [0, 0.1) is 0 Å². The van der Waals surface area contributed by atoms with Crippen molar-refractivity contribution in [3.8, 4) is 0 Å². The van der Waals surface area contributed by atoms with Crippen molar-refractivity contribution >= 4 is 11.9 Å². The fraction of sp³-hybridized carbons (Fsp3) is 0.882. The smallest absolute Gasteiger partial charge is 0.323 e. The first-order valence-corrected chi connectivity index (χ1v) is 8.46. The summed E-state index contributed by atoms with van der Waals surface area (Å²) in [6, 6.07) is -0.534. The Balaban J connectivity index is 2.78. The minimum Gasteiger partial charge on any atom is -0.466 e. The van der Waals surface area contributed by atoms with E-state index >= 15 is 0 Å². The third-order valence-electron chi connectivity index (χ3n) is 3.87. The number of hydrogen-bond donors (Lipinski definition) is 2. The number of carbonyl (C=O) groups excluding carboxylic acids is 2. The van der Waals surface area contributed by atoms with Crippen LogP contribution in [0.5, 0.6) is 0 Å². The summed E-state index contributed by atoms with van der Waals surface area (Å²) >= 11 is 0. The highest BCUT2D eigenvalue weighted by molar-refractivity contribution is 5.82. The van der Waals surface area contributed by atoms with Gasteiger partial charge in [-0.25, -0.2) is 0 Å². The summed E-state index contributed by atoms with van der Waals surface area (Å²) in [4.78, 5) is 23.9. The third-order valence-corrected chi connectivity index (χ3v) is 3.87. The molecular formula is C17H32N2O4. The Labute approximate surface area is 139 Å². The standard InChI is InChI=1S/C17H32N2O4/c1-7-22-14(20)9-13(15(21)23-8-2)18-12-10-16(3,4)19-17(5,6)11-12/h12-13,18-19H,7-11H2,1-6H3/t13-/m0/s1. The van der Waals surface area contributed by atoms with Crippen molar-refractivity contribution in [3.05, 3.63) is 0 Å². The SMILES string of the molecule is CCOC(=O)C[C@H](NC1CC(C)(C)NC(C)(C)C1)C(=O)OCC. The molecule has 0 saturated carbocycles. The maximum absolute atomic E-state index is 12.2. The number of esters is 2. The van der Waals surface area contributed by atoms with E-state index in [-0.39, 0.29) is 29.5 Å². The number of carbonyl (C=O) groups is 2. The summed E-state index contributed by atoms with van der Waals surface area (Å²) in [5, 5.41) is 6.93. The van der Waals surface area contributed by atoms with Gasteiger partial charge >= 0.3 is 11.9 Å². The van der Waals surface area contributed by atoms with E-state index in [1.807, 2.05) is 0 Å². The van der Waals surface area contributed by atoms with Gasteiger partial charge in [0.25, 0.3) is 0 Å². The van der Waals surface area contributed by atoms with Crippen molar-refractivity contribution in [2.75, 3.05) is 13.2 Å². The maximum atomic E-state index is 12.2. The van der Waals surface area contributed by atoms with E-state index in [2.05, 4.69) is 38.3 Å². The first-order chi connectivity index (χ1) is 10.6. The fourth-order valence-corrected chi connectivity index (χ4v) is 3.56. The molecule has 1 heterocycles. The van der Waals surface area contributed by atoms with Gasteiger partial charge in [0, 0.05) is 17.1 Å². The molecule has 0 aliphatic carbocycles. The summed E-state index contributed by atoms with van der Waals surface area (Å²) in [5.74, 6) is -0.778. The van der Waals surface area contributed by atoms with Gasteiger partial charge in [-0.3, -0.25) is 9.59 Å². The summed E-state index contributed by atoms with van der Waals surface area (Å²) in [7, 11) is 0. The van der Waals surface area contributed by atoms with E-state index in [0.717, 1.165) is 12.8 Å². The molecule has 0 radical (unpaired) electrons. The average molecular weight is 328 g/mol. The van der Waals surface area contributed by atoms with Gasteiger partial charge in [-0.05, 0) is 54.4 Å². The Morgan fingerprint density at radius 3 is 2.09 bits per heavy atom. The molecule has 0 bridgehead atoms.